The zero-order chi connectivity index (χ0) is 13.1. The normalized spacial score (nSPS) is 15.6. The summed E-state index contributed by atoms with van der Waals surface area (Å²) in [5.41, 5.74) is 5.76. The van der Waals surface area contributed by atoms with Gasteiger partial charge in [-0.2, -0.15) is 0 Å². The molecule has 0 radical (unpaired) electrons. The van der Waals surface area contributed by atoms with Gasteiger partial charge in [0.2, 0.25) is 0 Å². The zero-order valence-electron chi connectivity index (χ0n) is 9.94. The summed E-state index contributed by atoms with van der Waals surface area (Å²) in [5, 5.41) is 2.61. The van der Waals surface area contributed by atoms with E-state index in [9.17, 15) is 4.79 Å². The summed E-state index contributed by atoms with van der Waals surface area (Å²) in [6, 6.07) is 0. The number of nitrogen functional groups attached to an aromatic ring is 1. The topological polar surface area (TPSA) is 93.4 Å². The number of rotatable bonds is 2. The molecule has 1 amide bonds. The summed E-state index contributed by atoms with van der Waals surface area (Å²) < 4.78 is 5.24. The molecule has 3 N–H and O–H groups in total. The van der Waals surface area contributed by atoms with Crippen LogP contribution in [0.5, 0.6) is 0 Å². The third kappa shape index (κ3) is 2.46. The summed E-state index contributed by atoms with van der Waals surface area (Å²) in [6.45, 7) is 2.56. The molecule has 8 heteroatoms. The van der Waals surface area contributed by atoms with Crippen LogP contribution in [0.15, 0.2) is 0 Å². The van der Waals surface area contributed by atoms with Gasteiger partial charge in [0, 0.05) is 20.1 Å². The first-order chi connectivity index (χ1) is 8.63. The Balaban J connectivity index is 2.33. The average molecular weight is 272 g/mol. The fourth-order valence-corrected chi connectivity index (χ4v) is 1.93. The van der Waals surface area contributed by atoms with Crippen molar-refractivity contribution in [2.75, 3.05) is 44.0 Å². The minimum Gasteiger partial charge on any atom is -0.382 e. The van der Waals surface area contributed by atoms with E-state index >= 15 is 0 Å². The lowest BCUT2D eigenvalue weighted by molar-refractivity contribution is 0.0958. The molecule has 98 valence electrons. The van der Waals surface area contributed by atoms with Crippen molar-refractivity contribution < 1.29 is 9.53 Å². The maximum absolute atomic E-state index is 11.5. The van der Waals surface area contributed by atoms with Crippen LogP contribution in [-0.2, 0) is 4.74 Å². The second kappa shape index (κ2) is 5.36. The van der Waals surface area contributed by atoms with E-state index in [-0.39, 0.29) is 16.7 Å². The highest BCUT2D eigenvalue weighted by Crippen LogP contribution is 2.24. The molecule has 0 atom stereocenters. The molecule has 2 rings (SSSR count). The van der Waals surface area contributed by atoms with Crippen molar-refractivity contribution in [3.05, 3.63) is 10.8 Å². The molecule has 1 fully saturated rings. The summed E-state index contributed by atoms with van der Waals surface area (Å²) >= 11 is 6.04. The second-order valence-electron chi connectivity index (χ2n) is 3.75. The van der Waals surface area contributed by atoms with Crippen molar-refractivity contribution in [2.45, 2.75) is 0 Å². The van der Waals surface area contributed by atoms with Crippen LogP contribution in [-0.4, -0.2) is 49.2 Å². The van der Waals surface area contributed by atoms with Gasteiger partial charge in [0.15, 0.2) is 22.5 Å². The predicted molar refractivity (Wildman–Crippen MR) is 67.9 cm³/mol. The number of nitrogens with one attached hydrogen (secondary N) is 1. The molecule has 1 aromatic heterocycles. The number of ether oxygens (including phenoxy) is 1. The summed E-state index contributed by atoms with van der Waals surface area (Å²) in [6.07, 6.45) is 0. The van der Waals surface area contributed by atoms with Crippen molar-refractivity contribution in [2.24, 2.45) is 0 Å². The Hall–Kier alpha value is -1.60. The number of carbonyl (C=O) groups excluding carboxylic acids is 1. The highest BCUT2D eigenvalue weighted by atomic mass is 35.5. The number of amides is 1. The number of nitrogens with zero attached hydrogens (tertiary/aromatic N) is 3. The van der Waals surface area contributed by atoms with Gasteiger partial charge in [-0.3, -0.25) is 4.79 Å². The number of nitrogens with two attached hydrogens (primary N) is 1. The first kappa shape index (κ1) is 12.8. The van der Waals surface area contributed by atoms with Crippen molar-refractivity contribution >= 4 is 29.1 Å². The number of anilines is 2. The molecule has 7 nitrogen and oxygen atoms in total. The van der Waals surface area contributed by atoms with Gasteiger partial charge >= 0.3 is 0 Å². The molecule has 0 aromatic carbocycles. The van der Waals surface area contributed by atoms with Crippen molar-refractivity contribution in [3.8, 4) is 0 Å². The molecule has 0 bridgehead atoms. The van der Waals surface area contributed by atoms with Crippen LogP contribution >= 0.6 is 11.6 Å². The van der Waals surface area contributed by atoms with Crippen molar-refractivity contribution in [1.29, 1.82) is 0 Å². The van der Waals surface area contributed by atoms with E-state index in [1.807, 2.05) is 4.90 Å². The second-order valence-corrected chi connectivity index (χ2v) is 4.11. The lowest BCUT2D eigenvalue weighted by atomic mass is 10.3. The summed E-state index contributed by atoms with van der Waals surface area (Å²) in [4.78, 5) is 21.6. The van der Waals surface area contributed by atoms with E-state index in [4.69, 9.17) is 22.1 Å². The van der Waals surface area contributed by atoms with E-state index in [0.717, 1.165) is 0 Å². The van der Waals surface area contributed by atoms with E-state index in [1.165, 1.54) is 7.05 Å². The van der Waals surface area contributed by atoms with E-state index in [0.29, 0.717) is 32.1 Å². The average Bonchev–Trinajstić information content (AvgIpc) is 2.41. The van der Waals surface area contributed by atoms with E-state index in [1.54, 1.807) is 0 Å². The molecule has 0 spiro atoms. The molecule has 2 heterocycles. The fraction of sp³-hybridized carbons (Fsp3) is 0.500. The minimum atomic E-state index is -0.407. The first-order valence-corrected chi connectivity index (χ1v) is 5.89. The third-order valence-electron chi connectivity index (χ3n) is 2.62. The van der Waals surface area contributed by atoms with Gasteiger partial charge in [0.05, 0.1) is 13.2 Å². The van der Waals surface area contributed by atoms with Gasteiger partial charge in [-0.1, -0.05) is 11.6 Å². The summed E-state index contributed by atoms with van der Waals surface area (Å²) in [5.74, 6) is 0.154. The maximum atomic E-state index is 11.5. The van der Waals surface area contributed by atoms with E-state index < -0.39 is 5.91 Å². The molecule has 0 saturated carbocycles. The molecular weight excluding hydrogens is 258 g/mol. The number of hydrogen-bond acceptors (Lipinski definition) is 6. The monoisotopic (exact) mass is 271 g/mol. The highest BCUT2D eigenvalue weighted by Gasteiger charge is 2.21. The number of morpholine rings is 1. The highest BCUT2D eigenvalue weighted by molar-refractivity contribution is 6.32. The Labute approximate surface area is 109 Å². The molecule has 18 heavy (non-hydrogen) atoms. The van der Waals surface area contributed by atoms with Gasteiger partial charge in [0.25, 0.3) is 5.91 Å². The Morgan fingerprint density at radius 2 is 2.11 bits per heavy atom. The van der Waals surface area contributed by atoms with Gasteiger partial charge in [0.1, 0.15) is 0 Å². The number of hydrogen-bond donors (Lipinski definition) is 2. The molecule has 1 saturated heterocycles. The van der Waals surface area contributed by atoms with Crippen LogP contribution in [0.3, 0.4) is 0 Å². The Bertz CT molecular complexity index is 462. The van der Waals surface area contributed by atoms with Gasteiger partial charge in [-0.25, -0.2) is 9.97 Å². The third-order valence-corrected chi connectivity index (χ3v) is 2.87. The van der Waals surface area contributed by atoms with Crippen LogP contribution in [0.4, 0.5) is 11.6 Å². The zero-order valence-corrected chi connectivity index (χ0v) is 10.7. The number of carbonyl (C=O) groups is 1. The molecule has 1 aromatic rings. The molecule has 1 aliphatic heterocycles. The van der Waals surface area contributed by atoms with E-state index in [2.05, 4.69) is 15.3 Å². The van der Waals surface area contributed by atoms with Gasteiger partial charge in [-0.15, -0.1) is 0 Å². The SMILES string of the molecule is CNC(=O)c1nc(Cl)c(N2CCOCC2)nc1N. The fourth-order valence-electron chi connectivity index (χ4n) is 1.68. The lowest BCUT2D eigenvalue weighted by Gasteiger charge is -2.28. The van der Waals surface area contributed by atoms with Crippen molar-refractivity contribution in [1.82, 2.24) is 15.3 Å². The van der Waals surface area contributed by atoms with Gasteiger partial charge < -0.3 is 20.7 Å². The van der Waals surface area contributed by atoms with Crippen molar-refractivity contribution in [3.63, 3.8) is 0 Å². The quantitative estimate of drug-likeness (QED) is 0.781. The minimum absolute atomic E-state index is 0.0412. The van der Waals surface area contributed by atoms with Crippen LogP contribution in [0.2, 0.25) is 5.15 Å². The predicted octanol–water partition coefficient (Wildman–Crippen LogP) is -0.0916. The number of halogens is 1. The Morgan fingerprint density at radius 3 is 2.72 bits per heavy atom. The van der Waals surface area contributed by atoms with Gasteiger partial charge in [-0.05, 0) is 0 Å². The van der Waals surface area contributed by atoms with Crippen LogP contribution in [0, 0.1) is 0 Å². The largest absolute Gasteiger partial charge is 0.382 e. The number of aromatic nitrogens is 2. The lowest BCUT2D eigenvalue weighted by Crippen LogP contribution is -2.37. The maximum Gasteiger partial charge on any atom is 0.273 e. The molecule has 1 aliphatic rings. The first-order valence-electron chi connectivity index (χ1n) is 5.51. The molecule has 0 aliphatic carbocycles. The Morgan fingerprint density at radius 1 is 1.44 bits per heavy atom. The molecule has 0 unspecified atom stereocenters. The standard InChI is InChI=1S/C10H14ClN5O2/c1-13-10(17)6-8(12)15-9(7(11)14-6)16-2-4-18-5-3-16/h2-5H2,1H3,(H2,12,15)(H,13,17). The van der Waals surface area contributed by atoms with Crippen LogP contribution in [0.25, 0.3) is 0 Å². The van der Waals surface area contributed by atoms with Crippen LogP contribution < -0.4 is 16.0 Å². The molecular formula is C10H14ClN5O2. The smallest absolute Gasteiger partial charge is 0.273 e. The summed E-state index contributed by atoms with van der Waals surface area (Å²) in [7, 11) is 1.49. The Kier molecular flexibility index (Phi) is 3.83. The van der Waals surface area contributed by atoms with Crippen LogP contribution in [0.1, 0.15) is 10.5 Å².